The maximum absolute atomic E-state index is 2.50. The molecule has 0 heterocycles. The maximum atomic E-state index is 2.50. The van der Waals surface area contributed by atoms with Crippen molar-refractivity contribution < 1.29 is 0 Å². The van der Waals surface area contributed by atoms with Crippen LogP contribution in [0.25, 0.3) is 11.1 Å². The van der Waals surface area contributed by atoms with Gasteiger partial charge in [-0.2, -0.15) is 0 Å². The Morgan fingerprint density at radius 1 is 0.719 bits per heavy atom. The zero-order valence-corrected chi connectivity index (χ0v) is 18.8. The molecule has 2 atom stereocenters. The van der Waals surface area contributed by atoms with E-state index in [9.17, 15) is 0 Å². The van der Waals surface area contributed by atoms with E-state index >= 15 is 0 Å². The Kier molecular flexibility index (Phi) is 6.18. The molecule has 0 amide bonds. The van der Waals surface area contributed by atoms with Crippen LogP contribution in [0.15, 0.2) is 109 Å². The van der Waals surface area contributed by atoms with Crippen LogP contribution in [0.3, 0.4) is 0 Å². The third-order valence-electron chi connectivity index (χ3n) is 6.84. The third kappa shape index (κ3) is 4.54. The van der Waals surface area contributed by atoms with Crippen molar-refractivity contribution in [2.75, 3.05) is 13.6 Å². The van der Waals surface area contributed by atoms with Gasteiger partial charge >= 0.3 is 0 Å². The number of hydrogen-bond acceptors (Lipinski definition) is 1. The fourth-order valence-electron chi connectivity index (χ4n) is 5.37. The molecule has 1 heteroatoms. The zero-order chi connectivity index (χ0) is 21.8. The van der Waals surface area contributed by atoms with Crippen LogP contribution >= 0.6 is 0 Å². The minimum Gasteiger partial charge on any atom is -0.302 e. The second kappa shape index (κ2) is 9.54. The molecular weight excluding hydrogens is 386 g/mol. The van der Waals surface area contributed by atoms with Gasteiger partial charge in [-0.05, 0) is 59.2 Å². The van der Waals surface area contributed by atoms with E-state index in [2.05, 4.69) is 121 Å². The summed E-state index contributed by atoms with van der Waals surface area (Å²) in [5.74, 6) is 1.06. The summed E-state index contributed by atoms with van der Waals surface area (Å²) in [5, 5.41) is 0. The van der Waals surface area contributed by atoms with Gasteiger partial charge in [-0.25, -0.2) is 0 Å². The van der Waals surface area contributed by atoms with Gasteiger partial charge in [0.25, 0.3) is 0 Å². The van der Waals surface area contributed by atoms with Crippen molar-refractivity contribution in [3.05, 3.63) is 131 Å². The number of aryl methyl sites for hydroxylation is 1. The number of nitrogens with zero attached hydrogens (tertiary/aromatic N) is 1. The molecule has 0 spiro atoms. The van der Waals surface area contributed by atoms with E-state index in [1.807, 2.05) is 0 Å². The first-order valence-electron chi connectivity index (χ1n) is 11.7. The highest BCUT2D eigenvalue weighted by molar-refractivity contribution is 5.65. The minimum atomic E-state index is 0.447. The fourth-order valence-corrected chi connectivity index (χ4v) is 5.37. The first-order chi connectivity index (χ1) is 15.8. The smallest absolute Gasteiger partial charge is 0.0230 e. The topological polar surface area (TPSA) is 3.24 Å². The van der Waals surface area contributed by atoms with Gasteiger partial charge in [-0.15, -0.1) is 0 Å². The Morgan fingerprint density at radius 2 is 1.38 bits per heavy atom. The van der Waals surface area contributed by atoms with Crippen molar-refractivity contribution in [1.29, 1.82) is 0 Å². The van der Waals surface area contributed by atoms with Gasteiger partial charge in [0.05, 0.1) is 0 Å². The van der Waals surface area contributed by atoms with E-state index < -0.39 is 0 Å². The molecule has 160 valence electrons. The third-order valence-corrected chi connectivity index (χ3v) is 6.84. The molecule has 0 aromatic heterocycles. The molecule has 0 fully saturated rings. The van der Waals surface area contributed by atoms with Crippen molar-refractivity contribution in [3.63, 3.8) is 0 Å². The Morgan fingerprint density at radius 3 is 2.09 bits per heavy atom. The highest BCUT2D eigenvalue weighted by Gasteiger charge is 2.31. The monoisotopic (exact) mass is 417 g/mol. The summed E-state index contributed by atoms with van der Waals surface area (Å²) in [7, 11) is 2.27. The van der Waals surface area contributed by atoms with Crippen LogP contribution in [0.1, 0.15) is 34.6 Å². The molecule has 0 bridgehead atoms. The molecule has 0 radical (unpaired) electrons. The van der Waals surface area contributed by atoms with Gasteiger partial charge in [0.15, 0.2) is 0 Å². The van der Waals surface area contributed by atoms with E-state index in [0.717, 1.165) is 19.5 Å². The normalized spacial score (nSPS) is 17.8. The van der Waals surface area contributed by atoms with Gasteiger partial charge in [0.2, 0.25) is 0 Å². The molecule has 0 saturated carbocycles. The highest BCUT2D eigenvalue weighted by atomic mass is 15.1. The summed E-state index contributed by atoms with van der Waals surface area (Å²) in [5.41, 5.74) is 8.49. The summed E-state index contributed by atoms with van der Waals surface area (Å²) in [6, 6.07) is 39.9. The SMILES string of the molecule is CN(Cc1ccccc1)C[C@H]1CCc2cc(-c3ccccc3)ccc2[C@H]1c1ccccc1. The number of fused-ring (bicyclic) bond motifs is 1. The summed E-state index contributed by atoms with van der Waals surface area (Å²) in [4.78, 5) is 2.50. The van der Waals surface area contributed by atoms with Crippen LogP contribution in [0.2, 0.25) is 0 Å². The zero-order valence-electron chi connectivity index (χ0n) is 18.8. The number of rotatable bonds is 6. The molecule has 1 aliphatic rings. The lowest BCUT2D eigenvalue weighted by Gasteiger charge is -2.37. The lowest BCUT2D eigenvalue weighted by molar-refractivity contribution is 0.239. The molecular formula is C31H31N. The quantitative estimate of drug-likeness (QED) is 0.321. The second-order valence-corrected chi connectivity index (χ2v) is 9.15. The molecule has 4 aromatic carbocycles. The van der Waals surface area contributed by atoms with Crippen molar-refractivity contribution >= 4 is 0 Å². The molecule has 1 aliphatic carbocycles. The Labute approximate surface area is 192 Å². The van der Waals surface area contributed by atoms with Gasteiger partial charge in [-0.1, -0.05) is 109 Å². The predicted molar refractivity (Wildman–Crippen MR) is 135 cm³/mol. The second-order valence-electron chi connectivity index (χ2n) is 9.15. The van der Waals surface area contributed by atoms with E-state index in [0.29, 0.717) is 11.8 Å². The van der Waals surface area contributed by atoms with Crippen LogP contribution in [-0.2, 0) is 13.0 Å². The van der Waals surface area contributed by atoms with Crippen LogP contribution in [0, 0.1) is 5.92 Å². The molecule has 32 heavy (non-hydrogen) atoms. The van der Waals surface area contributed by atoms with E-state index in [1.165, 1.54) is 39.8 Å². The van der Waals surface area contributed by atoms with E-state index in [4.69, 9.17) is 0 Å². The summed E-state index contributed by atoms with van der Waals surface area (Å²) in [6.45, 7) is 2.10. The van der Waals surface area contributed by atoms with Crippen molar-refractivity contribution in [1.82, 2.24) is 4.90 Å². The molecule has 1 nitrogen and oxygen atoms in total. The van der Waals surface area contributed by atoms with Gasteiger partial charge in [0.1, 0.15) is 0 Å². The van der Waals surface area contributed by atoms with Crippen molar-refractivity contribution in [3.8, 4) is 11.1 Å². The lowest BCUT2D eigenvalue weighted by atomic mass is 9.71. The van der Waals surface area contributed by atoms with Crippen LogP contribution in [0.4, 0.5) is 0 Å². The Balaban J connectivity index is 1.44. The van der Waals surface area contributed by atoms with Crippen molar-refractivity contribution in [2.45, 2.75) is 25.3 Å². The predicted octanol–water partition coefficient (Wildman–Crippen LogP) is 7.18. The minimum absolute atomic E-state index is 0.447. The molecule has 0 saturated heterocycles. The van der Waals surface area contributed by atoms with Crippen LogP contribution < -0.4 is 0 Å². The van der Waals surface area contributed by atoms with E-state index in [1.54, 1.807) is 0 Å². The molecule has 0 N–H and O–H groups in total. The summed E-state index contributed by atoms with van der Waals surface area (Å²) >= 11 is 0. The first kappa shape index (κ1) is 20.7. The number of hydrogen-bond donors (Lipinski definition) is 0. The maximum Gasteiger partial charge on any atom is 0.0230 e. The van der Waals surface area contributed by atoms with Crippen LogP contribution in [0.5, 0.6) is 0 Å². The lowest BCUT2D eigenvalue weighted by Crippen LogP contribution is -2.32. The fraction of sp³-hybridized carbons (Fsp3) is 0.226. The average molecular weight is 418 g/mol. The molecule has 0 aliphatic heterocycles. The molecule has 4 aromatic rings. The number of benzene rings is 4. The van der Waals surface area contributed by atoms with Gasteiger partial charge in [0, 0.05) is 19.0 Å². The first-order valence-corrected chi connectivity index (χ1v) is 11.7. The Bertz CT molecular complexity index is 1130. The average Bonchev–Trinajstić information content (AvgIpc) is 2.85. The van der Waals surface area contributed by atoms with Gasteiger partial charge in [-0.3, -0.25) is 0 Å². The van der Waals surface area contributed by atoms with E-state index in [-0.39, 0.29) is 0 Å². The molecule has 0 unspecified atom stereocenters. The largest absolute Gasteiger partial charge is 0.302 e. The highest BCUT2D eigenvalue weighted by Crippen LogP contribution is 2.42. The summed E-state index contributed by atoms with van der Waals surface area (Å²) in [6.07, 6.45) is 2.38. The standard InChI is InChI=1S/C31H31N/c1-32(22-24-11-5-2-6-12-24)23-29-18-17-28-21-27(25-13-7-3-8-14-25)19-20-30(28)31(29)26-15-9-4-10-16-26/h2-16,19-21,29,31H,17-18,22-23H2,1H3/t29-,31+/m1/s1. The Hall–Kier alpha value is -3.16. The summed E-state index contributed by atoms with van der Waals surface area (Å²) < 4.78 is 0. The molecule has 5 rings (SSSR count). The van der Waals surface area contributed by atoms with Crippen LogP contribution in [-0.4, -0.2) is 18.5 Å². The van der Waals surface area contributed by atoms with Crippen molar-refractivity contribution in [2.24, 2.45) is 5.92 Å². The van der Waals surface area contributed by atoms with Gasteiger partial charge < -0.3 is 4.90 Å².